The van der Waals surface area contributed by atoms with Gasteiger partial charge in [-0.1, -0.05) is 0 Å². The fourth-order valence-corrected chi connectivity index (χ4v) is 3.45. The molecule has 0 radical (unpaired) electrons. The van der Waals surface area contributed by atoms with Crippen LogP contribution in [0.2, 0.25) is 0 Å². The highest BCUT2D eigenvalue weighted by atomic mass is 16.5. The molecule has 2 atom stereocenters. The lowest BCUT2D eigenvalue weighted by Crippen LogP contribution is -2.36. The Morgan fingerprint density at radius 3 is 2.57 bits per heavy atom. The number of benzene rings is 1. The molecular weight excluding hydrogens is 362 g/mol. The molecule has 0 spiro atoms. The molecule has 2 aliphatic heterocycles. The van der Waals surface area contributed by atoms with Crippen molar-refractivity contribution in [1.29, 1.82) is 0 Å². The monoisotopic (exact) mass is 389 g/mol. The smallest absolute Gasteiger partial charge is 0.260 e. The van der Waals surface area contributed by atoms with Crippen LogP contribution >= 0.6 is 0 Å². The van der Waals surface area contributed by atoms with Gasteiger partial charge in [-0.3, -0.25) is 14.4 Å². The molecule has 8 heteroatoms. The molecule has 0 unspecified atom stereocenters. The number of rotatable bonds is 7. The predicted octanol–water partition coefficient (Wildman–Crippen LogP) is 0.538. The van der Waals surface area contributed by atoms with E-state index in [4.69, 9.17) is 4.74 Å². The standard InChI is InChI=1S/C20H27N3O5/c1-14(24)11-21-20(27)15-10-18(25)23(12-15)16-4-6-17(7-5-16)28-13-19(26)22-8-2-3-9-22/h4-7,14-15,24H,2-3,8-13H2,1H3,(H,21,27)/t14-,15+/m1/s1. The van der Waals surface area contributed by atoms with Crippen LogP contribution in [-0.2, 0) is 14.4 Å². The number of nitrogens with zero attached hydrogens (tertiary/aromatic N) is 2. The van der Waals surface area contributed by atoms with Crippen LogP contribution in [-0.4, -0.2) is 66.6 Å². The first-order valence-corrected chi connectivity index (χ1v) is 9.71. The van der Waals surface area contributed by atoms with Gasteiger partial charge in [0.15, 0.2) is 6.61 Å². The van der Waals surface area contributed by atoms with Crippen molar-refractivity contribution in [3.05, 3.63) is 24.3 Å². The zero-order chi connectivity index (χ0) is 20.1. The van der Waals surface area contributed by atoms with Crippen LogP contribution in [0.25, 0.3) is 0 Å². The third kappa shape index (κ3) is 5.01. The number of amides is 3. The van der Waals surface area contributed by atoms with Crippen LogP contribution in [0.1, 0.15) is 26.2 Å². The Hall–Kier alpha value is -2.61. The Labute approximate surface area is 164 Å². The minimum Gasteiger partial charge on any atom is -0.484 e. The van der Waals surface area contributed by atoms with Crippen LogP contribution < -0.4 is 15.0 Å². The number of hydrogen-bond donors (Lipinski definition) is 2. The average molecular weight is 389 g/mol. The van der Waals surface area contributed by atoms with Crippen LogP contribution in [0.3, 0.4) is 0 Å². The van der Waals surface area contributed by atoms with Crippen molar-refractivity contribution in [3.8, 4) is 5.75 Å². The van der Waals surface area contributed by atoms with Crippen molar-refractivity contribution in [2.45, 2.75) is 32.3 Å². The van der Waals surface area contributed by atoms with E-state index in [0.717, 1.165) is 25.9 Å². The number of anilines is 1. The number of carbonyl (C=O) groups is 3. The van der Waals surface area contributed by atoms with Crippen molar-refractivity contribution in [2.75, 3.05) is 37.7 Å². The maximum atomic E-state index is 12.3. The maximum absolute atomic E-state index is 12.3. The summed E-state index contributed by atoms with van der Waals surface area (Å²) in [7, 11) is 0. The molecule has 2 heterocycles. The van der Waals surface area contributed by atoms with Crippen LogP contribution in [0.15, 0.2) is 24.3 Å². The zero-order valence-corrected chi connectivity index (χ0v) is 16.1. The highest BCUT2D eigenvalue weighted by Gasteiger charge is 2.35. The lowest BCUT2D eigenvalue weighted by Gasteiger charge is -2.18. The van der Waals surface area contributed by atoms with Gasteiger partial charge >= 0.3 is 0 Å². The van der Waals surface area contributed by atoms with Gasteiger partial charge in [0.1, 0.15) is 5.75 Å². The number of hydrogen-bond acceptors (Lipinski definition) is 5. The minimum absolute atomic E-state index is 0.00746. The molecule has 1 aromatic carbocycles. The first-order valence-electron chi connectivity index (χ1n) is 9.71. The summed E-state index contributed by atoms with van der Waals surface area (Å²) >= 11 is 0. The number of aliphatic hydroxyl groups excluding tert-OH is 1. The molecule has 28 heavy (non-hydrogen) atoms. The fourth-order valence-electron chi connectivity index (χ4n) is 3.45. The van der Waals surface area contributed by atoms with Crippen LogP contribution in [0.5, 0.6) is 5.75 Å². The number of ether oxygens (including phenoxy) is 1. The minimum atomic E-state index is -0.623. The summed E-state index contributed by atoms with van der Waals surface area (Å²) in [5, 5.41) is 11.9. The molecule has 0 aromatic heterocycles. The Morgan fingerprint density at radius 2 is 1.93 bits per heavy atom. The van der Waals surface area contributed by atoms with Crippen LogP contribution in [0, 0.1) is 5.92 Å². The molecule has 2 N–H and O–H groups in total. The first-order chi connectivity index (χ1) is 13.4. The molecule has 2 saturated heterocycles. The molecular formula is C20H27N3O5. The van der Waals surface area contributed by atoms with Gasteiger partial charge < -0.3 is 25.0 Å². The molecule has 152 valence electrons. The zero-order valence-electron chi connectivity index (χ0n) is 16.1. The van der Waals surface area contributed by atoms with Gasteiger partial charge in [-0.15, -0.1) is 0 Å². The number of carbonyl (C=O) groups excluding carboxylic acids is 3. The van der Waals surface area contributed by atoms with Gasteiger partial charge in [-0.25, -0.2) is 0 Å². The van der Waals surface area contributed by atoms with E-state index in [1.54, 1.807) is 41.0 Å². The number of nitrogens with one attached hydrogen (secondary N) is 1. The third-order valence-electron chi connectivity index (χ3n) is 5.04. The van der Waals surface area contributed by atoms with E-state index in [0.29, 0.717) is 18.0 Å². The highest BCUT2D eigenvalue weighted by molar-refractivity contribution is 6.00. The van der Waals surface area contributed by atoms with E-state index in [1.165, 1.54) is 0 Å². The summed E-state index contributed by atoms with van der Waals surface area (Å²) in [6.45, 7) is 3.67. The van der Waals surface area contributed by atoms with Crippen molar-refractivity contribution < 1.29 is 24.2 Å². The van der Waals surface area contributed by atoms with Gasteiger partial charge in [0.25, 0.3) is 5.91 Å². The normalized spacial score (nSPS) is 20.4. The summed E-state index contributed by atoms with van der Waals surface area (Å²) < 4.78 is 5.56. The molecule has 2 fully saturated rings. The van der Waals surface area contributed by atoms with E-state index in [2.05, 4.69) is 5.32 Å². The molecule has 0 aliphatic carbocycles. The first kappa shape index (κ1) is 20.1. The van der Waals surface area contributed by atoms with Crippen molar-refractivity contribution in [2.24, 2.45) is 5.92 Å². The summed E-state index contributed by atoms with van der Waals surface area (Å²) in [4.78, 5) is 39.8. The Kier molecular flexibility index (Phi) is 6.51. The van der Waals surface area contributed by atoms with Gasteiger partial charge in [-0.05, 0) is 44.0 Å². The van der Waals surface area contributed by atoms with E-state index in [-0.39, 0.29) is 37.3 Å². The van der Waals surface area contributed by atoms with E-state index in [9.17, 15) is 19.5 Å². The highest BCUT2D eigenvalue weighted by Crippen LogP contribution is 2.27. The Balaban J connectivity index is 1.52. The third-order valence-corrected chi connectivity index (χ3v) is 5.04. The van der Waals surface area contributed by atoms with E-state index < -0.39 is 12.0 Å². The molecule has 0 bridgehead atoms. The quantitative estimate of drug-likeness (QED) is 0.709. The molecule has 3 rings (SSSR count). The van der Waals surface area contributed by atoms with Gasteiger partial charge in [0.2, 0.25) is 11.8 Å². The second kappa shape index (κ2) is 9.05. The van der Waals surface area contributed by atoms with Crippen LogP contribution in [0.4, 0.5) is 5.69 Å². The van der Waals surface area contributed by atoms with Gasteiger partial charge in [-0.2, -0.15) is 0 Å². The fraction of sp³-hybridized carbons (Fsp3) is 0.550. The number of aliphatic hydroxyl groups is 1. The largest absolute Gasteiger partial charge is 0.484 e. The summed E-state index contributed by atoms with van der Waals surface area (Å²) in [6.07, 6.45) is 1.61. The second-order valence-corrected chi connectivity index (χ2v) is 7.37. The lowest BCUT2D eigenvalue weighted by atomic mass is 10.1. The predicted molar refractivity (Wildman–Crippen MR) is 103 cm³/mol. The molecule has 2 aliphatic rings. The molecule has 8 nitrogen and oxygen atoms in total. The summed E-state index contributed by atoms with van der Waals surface area (Å²) in [5.74, 6) is -0.219. The topological polar surface area (TPSA) is 99.2 Å². The SMILES string of the molecule is C[C@@H](O)CNC(=O)[C@H]1CC(=O)N(c2ccc(OCC(=O)N3CCCC3)cc2)C1. The number of likely N-dealkylation sites (tertiary alicyclic amines) is 1. The van der Waals surface area contributed by atoms with Crippen molar-refractivity contribution in [1.82, 2.24) is 10.2 Å². The lowest BCUT2D eigenvalue weighted by molar-refractivity contribution is -0.132. The van der Waals surface area contributed by atoms with E-state index in [1.807, 2.05) is 0 Å². The van der Waals surface area contributed by atoms with E-state index >= 15 is 0 Å². The summed E-state index contributed by atoms with van der Waals surface area (Å²) in [6, 6.07) is 6.95. The maximum Gasteiger partial charge on any atom is 0.260 e. The Morgan fingerprint density at radius 1 is 1.25 bits per heavy atom. The molecule has 3 amide bonds. The molecule has 1 aromatic rings. The van der Waals surface area contributed by atoms with Gasteiger partial charge in [0, 0.05) is 38.3 Å². The Bertz CT molecular complexity index is 713. The van der Waals surface area contributed by atoms with Crippen molar-refractivity contribution >= 4 is 23.4 Å². The van der Waals surface area contributed by atoms with Gasteiger partial charge in [0.05, 0.1) is 12.0 Å². The van der Waals surface area contributed by atoms with Crippen molar-refractivity contribution in [3.63, 3.8) is 0 Å². The summed E-state index contributed by atoms with van der Waals surface area (Å²) in [5.41, 5.74) is 0.689. The second-order valence-electron chi connectivity index (χ2n) is 7.37. The average Bonchev–Trinajstić information content (AvgIpc) is 3.34. The molecule has 0 saturated carbocycles.